The minimum absolute atomic E-state index is 0.0170. The number of unbranched alkanes of at least 4 members (excludes halogenated alkanes) is 55. The molecule has 0 radical (unpaired) electrons. The molecule has 3 atom stereocenters. The maximum absolute atomic E-state index is 13.1. The predicted molar refractivity (Wildman–Crippen MR) is 344 cm³/mol. The number of hydrogen-bond acceptors (Lipinski definition) is 6. The summed E-state index contributed by atoms with van der Waals surface area (Å²) in [7, 11) is 1.33. The van der Waals surface area contributed by atoms with Gasteiger partial charge in [-0.25, -0.2) is 0 Å². The number of hydrogen-bond donors (Lipinski definition) is 2. The van der Waals surface area contributed by atoms with Crippen LogP contribution >= 0.6 is 7.82 Å². The molecule has 0 fully saturated rings. The number of carbonyl (C=O) groups excluding carboxylic acids is 1. The maximum Gasteiger partial charge on any atom is 0.268 e. The molecule has 8 nitrogen and oxygen atoms in total. The van der Waals surface area contributed by atoms with Crippen LogP contribution in [0, 0.1) is 0 Å². The van der Waals surface area contributed by atoms with E-state index in [0.717, 1.165) is 38.5 Å². The molecule has 0 aromatic heterocycles. The third-order valence-electron chi connectivity index (χ3n) is 17.1. The smallest absolute Gasteiger partial charge is 0.268 e. The molecule has 0 aliphatic heterocycles. The van der Waals surface area contributed by atoms with Gasteiger partial charge in [-0.3, -0.25) is 9.36 Å². The average Bonchev–Trinajstić information content (AvgIpc) is 3.42. The number of likely N-dealkylation sites (N-methyl/N-ethyl adjacent to an activating group) is 1. The summed E-state index contributed by atoms with van der Waals surface area (Å²) in [6, 6.07) is -0.797. The number of carbonyl (C=O) groups is 1. The Morgan fingerprint density at radius 3 is 0.861 bits per heavy atom. The van der Waals surface area contributed by atoms with Crippen molar-refractivity contribution in [3.63, 3.8) is 0 Å². The molecule has 0 rings (SSSR count). The van der Waals surface area contributed by atoms with Crippen molar-refractivity contribution < 1.29 is 32.9 Å². The van der Waals surface area contributed by atoms with Gasteiger partial charge in [0.1, 0.15) is 13.2 Å². The summed E-state index contributed by atoms with van der Waals surface area (Å²) in [6.45, 7) is 4.80. The Labute approximate surface area is 495 Å². The molecule has 9 heteroatoms. The molecule has 1 amide bonds. The molecule has 0 aliphatic carbocycles. The normalized spacial score (nSPS) is 13.6. The Morgan fingerprint density at radius 2 is 0.620 bits per heavy atom. The number of phosphoric acid groups is 1. The van der Waals surface area contributed by atoms with Gasteiger partial charge in [-0.1, -0.05) is 373 Å². The molecular weight excluding hydrogens is 996 g/mol. The second-order valence-electron chi connectivity index (χ2n) is 26.3. The number of nitrogens with one attached hydrogen (secondary N) is 1. The highest BCUT2D eigenvalue weighted by Crippen LogP contribution is 2.38. The Kier molecular flexibility index (Phi) is 61.7. The van der Waals surface area contributed by atoms with Crippen LogP contribution < -0.4 is 10.2 Å². The number of phosphoric ester groups is 1. The lowest BCUT2D eigenvalue weighted by atomic mass is 10.0. The number of amides is 1. The van der Waals surface area contributed by atoms with E-state index in [2.05, 4.69) is 19.2 Å². The van der Waals surface area contributed by atoms with E-state index in [4.69, 9.17) is 9.05 Å². The summed E-state index contributed by atoms with van der Waals surface area (Å²) in [5, 5.41) is 14.1. The van der Waals surface area contributed by atoms with E-state index in [1.54, 1.807) is 0 Å². The fraction of sp³-hybridized carbons (Fsp3) is 0.986. The summed E-state index contributed by atoms with van der Waals surface area (Å²) in [5.74, 6) is -0.153. The molecular formula is C70H143N2O6P. The highest BCUT2D eigenvalue weighted by Gasteiger charge is 2.24. The molecule has 0 bridgehead atoms. The van der Waals surface area contributed by atoms with Crippen LogP contribution in [0.1, 0.15) is 393 Å². The third-order valence-corrected chi connectivity index (χ3v) is 18.1. The maximum atomic E-state index is 13.1. The highest BCUT2D eigenvalue weighted by molar-refractivity contribution is 7.45. The van der Waals surface area contributed by atoms with Gasteiger partial charge in [0.2, 0.25) is 5.91 Å². The lowest BCUT2D eigenvalue weighted by Crippen LogP contribution is -2.46. The standard InChI is InChI=1S/C70H143N2O6P/c1-6-8-10-12-14-16-18-20-22-24-26-28-30-32-34-36-38-40-42-44-46-48-50-52-54-56-58-60-62-64-70(74)71-68(67-78-79(75,76)77-66-65-72(3,4)5)69(73)63-61-59-57-55-53-51-49-47-45-43-41-39-37-35-33-31-29-27-25-23-21-19-17-15-13-11-9-7-2/h68-69,73H,6-67H2,1-5H3,(H-,71,74,75,76). The lowest BCUT2D eigenvalue weighted by Gasteiger charge is -2.30. The monoisotopic (exact) mass is 1140 g/mol. The van der Waals surface area contributed by atoms with Crippen molar-refractivity contribution in [2.45, 2.75) is 405 Å². The zero-order valence-corrected chi connectivity index (χ0v) is 55.3. The quantitative estimate of drug-likeness (QED) is 0.0357. The van der Waals surface area contributed by atoms with E-state index < -0.39 is 20.0 Å². The van der Waals surface area contributed by atoms with Gasteiger partial charge < -0.3 is 28.8 Å². The molecule has 2 N–H and O–H groups in total. The largest absolute Gasteiger partial charge is 0.756 e. The Morgan fingerprint density at radius 1 is 0.392 bits per heavy atom. The molecule has 79 heavy (non-hydrogen) atoms. The predicted octanol–water partition coefficient (Wildman–Crippen LogP) is 22.1. The van der Waals surface area contributed by atoms with Crippen LogP contribution in [0.15, 0.2) is 0 Å². The third kappa shape index (κ3) is 64.9. The van der Waals surface area contributed by atoms with E-state index in [1.807, 2.05) is 21.1 Å². The fourth-order valence-electron chi connectivity index (χ4n) is 11.5. The van der Waals surface area contributed by atoms with Crippen LogP contribution in [-0.2, 0) is 18.4 Å². The summed E-state index contributed by atoms with van der Waals surface area (Å²) in [6.07, 6.45) is 77.6. The first-order chi connectivity index (χ1) is 38.5. The summed E-state index contributed by atoms with van der Waals surface area (Å²) < 4.78 is 23.6. The zero-order valence-electron chi connectivity index (χ0n) is 54.4. The van der Waals surface area contributed by atoms with E-state index >= 15 is 0 Å². The first-order valence-electron chi connectivity index (χ1n) is 35.9. The summed E-state index contributed by atoms with van der Waals surface area (Å²) >= 11 is 0. The van der Waals surface area contributed by atoms with Crippen molar-refractivity contribution in [3.8, 4) is 0 Å². The van der Waals surface area contributed by atoms with Gasteiger partial charge in [0.05, 0.1) is 39.9 Å². The van der Waals surface area contributed by atoms with Gasteiger partial charge >= 0.3 is 0 Å². The second kappa shape index (κ2) is 62.0. The molecule has 0 aromatic rings. The van der Waals surface area contributed by atoms with Gasteiger partial charge in [-0.15, -0.1) is 0 Å². The number of aliphatic hydroxyl groups is 1. The minimum Gasteiger partial charge on any atom is -0.756 e. The number of aliphatic hydroxyl groups excluding tert-OH is 1. The number of rotatable bonds is 68. The highest BCUT2D eigenvalue weighted by atomic mass is 31.2. The molecule has 474 valence electrons. The molecule has 0 saturated heterocycles. The summed E-state index contributed by atoms with van der Waals surface area (Å²) in [4.78, 5) is 25.7. The Hall–Kier alpha value is -0.500. The van der Waals surface area contributed by atoms with Crippen LogP contribution in [0.5, 0.6) is 0 Å². The van der Waals surface area contributed by atoms with E-state index in [-0.39, 0.29) is 19.1 Å². The van der Waals surface area contributed by atoms with Gasteiger partial charge in [-0.2, -0.15) is 0 Å². The van der Waals surface area contributed by atoms with Crippen molar-refractivity contribution in [1.82, 2.24) is 5.32 Å². The first kappa shape index (κ1) is 78.5. The van der Waals surface area contributed by atoms with Gasteiger partial charge in [0.15, 0.2) is 0 Å². The first-order valence-corrected chi connectivity index (χ1v) is 37.3. The molecule has 0 aliphatic rings. The van der Waals surface area contributed by atoms with Gasteiger partial charge in [0, 0.05) is 6.42 Å². The van der Waals surface area contributed by atoms with Crippen molar-refractivity contribution >= 4 is 13.7 Å². The fourth-order valence-corrected chi connectivity index (χ4v) is 12.2. The van der Waals surface area contributed by atoms with E-state index in [9.17, 15) is 19.4 Å². The van der Waals surface area contributed by atoms with Crippen LogP contribution in [0.4, 0.5) is 0 Å². The lowest BCUT2D eigenvalue weighted by molar-refractivity contribution is -0.870. The van der Waals surface area contributed by atoms with Crippen LogP contribution in [0.25, 0.3) is 0 Å². The van der Waals surface area contributed by atoms with Crippen molar-refractivity contribution in [2.24, 2.45) is 0 Å². The Bertz CT molecular complexity index is 1250. The van der Waals surface area contributed by atoms with E-state index in [1.165, 1.54) is 327 Å². The van der Waals surface area contributed by atoms with Crippen molar-refractivity contribution in [3.05, 3.63) is 0 Å². The van der Waals surface area contributed by atoms with Crippen LogP contribution in [0.2, 0.25) is 0 Å². The zero-order chi connectivity index (χ0) is 57.7. The van der Waals surface area contributed by atoms with Crippen LogP contribution in [-0.4, -0.2) is 68.5 Å². The molecule has 0 saturated carbocycles. The number of quaternary nitrogens is 1. The Balaban J connectivity index is 3.97. The molecule has 0 heterocycles. The topological polar surface area (TPSA) is 108 Å². The van der Waals surface area contributed by atoms with Crippen molar-refractivity contribution in [2.75, 3.05) is 40.9 Å². The van der Waals surface area contributed by atoms with E-state index in [0.29, 0.717) is 23.9 Å². The molecule has 3 unspecified atom stereocenters. The average molecular weight is 1140 g/mol. The summed E-state index contributed by atoms with van der Waals surface area (Å²) in [5.41, 5.74) is 0. The second-order valence-corrected chi connectivity index (χ2v) is 27.7. The molecule has 0 spiro atoms. The van der Waals surface area contributed by atoms with Crippen LogP contribution in [0.3, 0.4) is 0 Å². The molecule has 0 aromatic carbocycles. The van der Waals surface area contributed by atoms with Gasteiger partial charge in [0.25, 0.3) is 7.82 Å². The van der Waals surface area contributed by atoms with Crippen molar-refractivity contribution in [1.29, 1.82) is 0 Å². The SMILES string of the molecule is CCCCCCCCCCCCCCCCCCCCCCCCCCCCCCCC(=O)NC(COP(=O)([O-])OCC[N+](C)(C)C)C(O)CCCCCCCCCCCCCCCCCCCCCCCCCCCCCC. The van der Waals surface area contributed by atoms with Gasteiger partial charge in [-0.05, 0) is 12.8 Å². The number of nitrogens with zero attached hydrogens (tertiary/aromatic N) is 1. The minimum atomic E-state index is -4.58.